The highest BCUT2D eigenvalue weighted by molar-refractivity contribution is 7.89. The van der Waals surface area contributed by atoms with Crippen LogP contribution in [-0.4, -0.2) is 44.8 Å². The summed E-state index contributed by atoms with van der Waals surface area (Å²) in [6.07, 6.45) is -2.66. The van der Waals surface area contributed by atoms with Crippen LogP contribution >= 0.6 is 0 Å². The predicted octanol–water partition coefficient (Wildman–Crippen LogP) is 4.59. The molecule has 174 valence electrons. The van der Waals surface area contributed by atoms with Crippen molar-refractivity contribution in [3.8, 4) is 0 Å². The minimum Gasteiger partial charge on any atom is -0.370 e. The number of carbonyl (C=O) groups excluding carboxylic acids is 1. The van der Waals surface area contributed by atoms with Crippen molar-refractivity contribution in [2.24, 2.45) is 0 Å². The van der Waals surface area contributed by atoms with E-state index in [1.54, 1.807) is 19.9 Å². The summed E-state index contributed by atoms with van der Waals surface area (Å²) in [6, 6.07) is 8.65. The third-order valence-electron chi connectivity index (χ3n) is 5.46. The van der Waals surface area contributed by atoms with Crippen molar-refractivity contribution in [3.63, 3.8) is 0 Å². The van der Waals surface area contributed by atoms with Gasteiger partial charge in [0.15, 0.2) is 0 Å². The van der Waals surface area contributed by atoms with E-state index < -0.39 is 27.7 Å². The van der Waals surface area contributed by atoms with Crippen molar-refractivity contribution in [1.82, 2.24) is 4.31 Å². The number of hydrogen-bond donors (Lipinski definition) is 1. The SMILES string of the molecule is CCN(CC)S(=O)(=O)c1ccc(N2CCCC2)c(NC(=O)c2cccc(C(F)(F)F)c2)c1. The summed E-state index contributed by atoms with van der Waals surface area (Å²) in [6.45, 7) is 5.53. The first-order valence-corrected chi connectivity index (χ1v) is 11.9. The van der Waals surface area contributed by atoms with Gasteiger partial charge in [-0.3, -0.25) is 4.79 Å². The van der Waals surface area contributed by atoms with Gasteiger partial charge in [-0.05, 0) is 49.2 Å². The Morgan fingerprint density at radius 1 is 1.06 bits per heavy atom. The van der Waals surface area contributed by atoms with Crippen LogP contribution in [0.1, 0.15) is 42.6 Å². The van der Waals surface area contributed by atoms with Crippen LogP contribution in [0.4, 0.5) is 24.5 Å². The van der Waals surface area contributed by atoms with Gasteiger partial charge in [-0.25, -0.2) is 8.42 Å². The molecule has 1 aliphatic rings. The molecule has 1 saturated heterocycles. The number of nitrogens with one attached hydrogen (secondary N) is 1. The van der Waals surface area contributed by atoms with Gasteiger partial charge in [0.05, 0.1) is 21.8 Å². The fraction of sp³-hybridized carbons (Fsp3) is 0.409. The number of anilines is 2. The molecule has 0 saturated carbocycles. The highest BCUT2D eigenvalue weighted by Gasteiger charge is 2.31. The topological polar surface area (TPSA) is 69.7 Å². The zero-order valence-electron chi connectivity index (χ0n) is 17.9. The van der Waals surface area contributed by atoms with Gasteiger partial charge in [-0.15, -0.1) is 0 Å². The Morgan fingerprint density at radius 3 is 2.31 bits per heavy atom. The first kappa shape index (κ1) is 24.1. The van der Waals surface area contributed by atoms with Crippen molar-refractivity contribution >= 4 is 27.3 Å². The molecule has 1 amide bonds. The van der Waals surface area contributed by atoms with Crippen LogP contribution in [0, 0.1) is 0 Å². The van der Waals surface area contributed by atoms with Crippen molar-refractivity contribution in [2.45, 2.75) is 37.8 Å². The second-order valence-electron chi connectivity index (χ2n) is 7.50. The quantitative estimate of drug-likeness (QED) is 0.644. The molecule has 3 rings (SSSR count). The van der Waals surface area contributed by atoms with Gasteiger partial charge in [-0.2, -0.15) is 17.5 Å². The number of sulfonamides is 1. The summed E-state index contributed by atoms with van der Waals surface area (Å²) in [5.74, 6) is -0.742. The number of hydrogen-bond acceptors (Lipinski definition) is 4. The smallest absolute Gasteiger partial charge is 0.370 e. The van der Waals surface area contributed by atoms with E-state index >= 15 is 0 Å². The summed E-state index contributed by atoms with van der Waals surface area (Å²) in [5, 5.41) is 2.64. The highest BCUT2D eigenvalue weighted by atomic mass is 32.2. The molecular formula is C22H26F3N3O3S. The maximum atomic E-state index is 13.0. The lowest BCUT2D eigenvalue weighted by Gasteiger charge is -2.24. The Labute approximate surface area is 186 Å². The molecule has 0 bridgehead atoms. The third kappa shape index (κ3) is 5.07. The Balaban J connectivity index is 2.00. The Bertz CT molecular complexity index is 1080. The largest absolute Gasteiger partial charge is 0.416 e. The molecule has 0 spiro atoms. The third-order valence-corrected chi connectivity index (χ3v) is 7.50. The molecular weight excluding hydrogens is 443 g/mol. The average molecular weight is 470 g/mol. The van der Waals surface area contributed by atoms with E-state index in [1.807, 2.05) is 4.90 Å². The van der Waals surface area contributed by atoms with Gasteiger partial charge in [-0.1, -0.05) is 19.9 Å². The van der Waals surface area contributed by atoms with E-state index in [2.05, 4.69) is 5.32 Å². The number of alkyl halides is 3. The first-order chi connectivity index (χ1) is 15.1. The molecule has 1 heterocycles. The molecule has 0 radical (unpaired) electrons. The zero-order valence-corrected chi connectivity index (χ0v) is 18.8. The molecule has 1 fully saturated rings. The lowest BCUT2D eigenvalue weighted by atomic mass is 10.1. The lowest BCUT2D eigenvalue weighted by Crippen LogP contribution is -2.31. The van der Waals surface area contributed by atoms with E-state index in [-0.39, 0.29) is 16.1 Å². The van der Waals surface area contributed by atoms with E-state index in [9.17, 15) is 26.4 Å². The average Bonchev–Trinajstić information content (AvgIpc) is 3.28. The standard InChI is InChI=1S/C22H26F3N3O3S/c1-3-28(4-2)32(30,31)18-10-11-20(27-12-5-6-13-27)19(15-18)26-21(29)16-8-7-9-17(14-16)22(23,24)25/h7-11,14-15H,3-6,12-13H2,1-2H3,(H,26,29). The summed E-state index contributed by atoms with van der Waals surface area (Å²) >= 11 is 0. The van der Waals surface area contributed by atoms with Crippen LogP contribution in [0.15, 0.2) is 47.4 Å². The minimum absolute atomic E-state index is 0.0171. The zero-order chi connectivity index (χ0) is 23.5. The molecule has 6 nitrogen and oxygen atoms in total. The number of carbonyl (C=O) groups is 1. The molecule has 2 aromatic rings. The molecule has 0 aromatic heterocycles. The number of halogens is 3. The van der Waals surface area contributed by atoms with E-state index in [0.29, 0.717) is 18.8 Å². The van der Waals surface area contributed by atoms with E-state index in [0.717, 1.165) is 38.1 Å². The highest BCUT2D eigenvalue weighted by Crippen LogP contribution is 2.33. The predicted molar refractivity (Wildman–Crippen MR) is 117 cm³/mol. The summed E-state index contributed by atoms with van der Waals surface area (Å²) in [7, 11) is -3.78. The fourth-order valence-corrected chi connectivity index (χ4v) is 5.24. The number of nitrogens with zero attached hydrogens (tertiary/aromatic N) is 2. The molecule has 32 heavy (non-hydrogen) atoms. The van der Waals surface area contributed by atoms with Crippen molar-refractivity contribution in [2.75, 3.05) is 36.4 Å². The Morgan fingerprint density at radius 2 is 1.72 bits per heavy atom. The van der Waals surface area contributed by atoms with Crippen LogP contribution in [0.2, 0.25) is 0 Å². The second-order valence-corrected chi connectivity index (χ2v) is 9.43. The summed E-state index contributed by atoms with van der Waals surface area (Å²) in [5.41, 5.74) is -0.198. The fourth-order valence-electron chi connectivity index (χ4n) is 3.75. The maximum Gasteiger partial charge on any atom is 0.416 e. The Kier molecular flexibility index (Phi) is 7.14. The molecule has 0 atom stereocenters. The van der Waals surface area contributed by atoms with Crippen molar-refractivity contribution in [3.05, 3.63) is 53.6 Å². The minimum atomic E-state index is -4.57. The van der Waals surface area contributed by atoms with Crippen molar-refractivity contribution in [1.29, 1.82) is 0 Å². The molecule has 0 unspecified atom stereocenters. The molecule has 0 aliphatic carbocycles. The summed E-state index contributed by atoms with van der Waals surface area (Å²) in [4.78, 5) is 14.9. The Hall–Kier alpha value is -2.59. The molecule has 1 aliphatic heterocycles. The van der Waals surface area contributed by atoms with Gasteiger partial charge >= 0.3 is 6.18 Å². The van der Waals surface area contributed by atoms with Crippen LogP contribution in [0.3, 0.4) is 0 Å². The normalized spacial score (nSPS) is 14.8. The van der Waals surface area contributed by atoms with E-state index in [4.69, 9.17) is 0 Å². The lowest BCUT2D eigenvalue weighted by molar-refractivity contribution is -0.137. The van der Waals surface area contributed by atoms with Crippen LogP contribution in [0.25, 0.3) is 0 Å². The number of amides is 1. The van der Waals surface area contributed by atoms with Gasteiger partial charge < -0.3 is 10.2 Å². The number of benzene rings is 2. The van der Waals surface area contributed by atoms with E-state index in [1.165, 1.54) is 28.6 Å². The second kappa shape index (κ2) is 9.50. The van der Waals surface area contributed by atoms with Crippen LogP contribution < -0.4 is 10.2 Å². The van der Waals surface area contributed by atoms with Gasteiger partial charge in [0.1, 0.15) is 0 Å². The first-order valence-electron chi connectivity index (χ1n) is 10.5. The summed E-state index contributed by atoms with van der Waals surface area (Å²) < 4.78 is 66.4. The molecule has 2 aromatic carbocycles. The van der Waals surface area contributed by atoms with Gasteiger partial charge in [0.25, 0.3) is 5.91 Å². The number of rotatable bonds is 7. The van der Waals surface area contributed by atoms with Gasteiger partial charge in [0.2, 0.25) is 10.0 Å². The molecule has 1 N–H and O–H groups in total. The maximum absolute atomic E-state index is 13.0. The molecule has 10 heteroatoms. The van der Waals surface area contributed by atoms with Crippen molar-refractivity contribution < 1.29 is 26.4 Å². The monoisotopic (exact) mass is 469 g/mol. The van der Waals surface area contributed by atoms with Crippen LogP contribution in [-0.2, 0) is 16.2 Å². The van der Waals surface area contributed by atoms with Gasteiger partial charge in [0, 0.05) is 31.7 Å². The van der Waals surface area contributed by atoms with Crippen LogP contribution in [0.5, 0.6) is 0 Å².